The van der Waals surface area contributed by atoms with Gasteiger partial charge in [0.15, 0.2) is 5.78 Å². The highest BCUT2D eigenvalue weighted by molar-refractivity contribution is 5.96. The fraction of sp³-hybridized carbons (Fsp3) is 0.375. The Labute approximate surface area is 205 Å². The van der Waals surface area contributed by atoms with Crippen LogP contribution in [0.15, 0.2) is 60.7 Å². The smallest absolute Gasteiger partial charge is 0.162 e. The zero-order valence-corrected chi connectivity index (χ0v) is 21.2. The van der Waals surface area contributed by atoms with Crippen LogP contribution in [0.3, 0.4) is 0 Å². The standard InChI is InChI=1S/C32H38O2/c1-5-7-11-32(34)29-10-8-9-27(21-29)20-26-14-12-25(13-15-26)16-17-31(33)22-30-19-24(4)23(3)18-28(30)6-2/h8-10,12-15,18-19,21H,5-7,11,16-17,20,22H2,1-4H3. The number of benzene rings is 3. The number of aryl methyl sites for hydroxylation is 4. The summed E-state index contributed by atoms with van der Waals surface area (Å²) in [5.41, 5.74) is 9.40. The van der Waals surface area contributed by atoms with Crippen molar-refractivity contribution >= 4 is 11.6 Å². The second-order valence-corrected chi connectivity index (χ2v) is 9.49. The average molecular weight is 455 g/mol. The van der Waals surface area contributed by atoms with E-state index < -0.39 is 0 Å². The van der Waals surface area contributed by atoms with Gasteiger partial charge in [0.2, 0.25) is 0 Å². The maximum Gasteiger partial charge on any atom is 0.162 e. The van der Waals surface area contributed by atoms with Crippen molar-refractivity contribution in [3.05, 3.63) is 105 Å². The highest BCUT2D eigenvalue weighted by atomic mass is 16.1. The van der Waals surface area contributed by atoms with Gasteiger partial charge in [-0.1, -0.05) is 74.9 Å². The lowest BCUT2D eigenvalue weighted by molar-refractivity contribution is -0.118. The number of ketones is 2. The van der Waals surface area contributed by atoms with Gasteiger partial charge in [0.05, 0.1) is 0 Å². The molecule has 0 fully saturated rings. The van der Waals surface area contributed by atoms with Gasteiger partial charge >= 0.3 is 0 Å². The third-order valence-electron chi connectivity index (χ3n) is 6.71. The molecular formula is C32H38O2. The minimum atomic E-state index is 0.232. The number of carbonyl (C=O) groups is 2. The van der Waals surface area contributed by atoms with E-state index in [4.69, 9.17) is 0 Å². The van der Waals surface area contributed by atoms with Crippen molar-refractivity contribution in [2.24, 2.45) is 0 Å². The lowest BCUT2D eigenvalue weighted by Gasteiger charge is -2.11. The molecule has 178 valence electrons. The molecule has 0 aliphatic carbocycles. The minimum Gasteiger partial charge on any atom is -0.299 e. The van der Waals surface area contributed by atoms with E-state index in [1.54, 1.807) is 0 Å². The van der Waals surface area contributed by atoms with E-state index in [9.17, 15) is 9.59 Å². The van der Waals surface area contributed by atoms with E-state index in [1.165, 1.54) is 33.4 Å². The van der Waals surface area contributed by atoms with Crippen LogP contribution in [0.4, 0.5) is 0 Å². The Morgan fingerprint density at radius 1 is 0.735 bits per heavy atom. The highest BCUT2D eigenvalue weighted by Gasteiger charge is 2.10. The molecular weight excluding hydrogens is 416 g/mol. The summed E-state index contributed by atoms with van der Waals surface area (Å²) >= 11 is 0. The molecule has 3 aromatic rings. The monoisotopic (exact) mass is 454 g/mol. The molecule has 0 radical (unpaired) electrons. The zero-order valence-electron chi connectivity index (χ0n) is 21.2. The topological polar surface area (TPSA) is 34.1 Å². The Kier molecular flexibility index (Phi) is 9.39. The average Bonchev–Trinajstić information content (AvgIpc) is 2.84. The third kappa shape index (κ3) is 7.25. The van der Waals surface area contributed by atoms with Crippen LogP contribution in [-0.4, -0.2) is 11.6 Å². The molecule has 0 amide bonds. The summed E-state index contributed by atoms with van der Waals surface area (Å²) in [6.07, 6.45) is 6.23. The van der Waals surface area contributed by atoms with Crippen LogP contribution in [0.2, 0.25) is 0 Å². The van der Waals surface area contributed by atoms with Crippen molar-refractivity contribution in [1.29, 1.82) is 0 Å². The van der Waals surface area contributed by atoms with Crippen LogP contribution in [0, 0.1) is 13.8 Å². The number of unbranched alkanes of at least 4 members (excludes halogenated alkanes) is 1. The van der Waals surface area contributed by atoms with Crippen molar-refractivity contribution in [3.63, 3.8) is 0 Å². The van der Waals surface area contributed by atoms with Crippen molar-refractivity contribution in [1.82, 2.24) is 0 Å². The summed E-state index contributed by atoms with van der Waals surface area (Å²) in [6.45, 7) is 8.51. The van der Waals surface area contributed by atoms with Crippen LogP contribution in [-0.2, 0) is 30.5 Å². The molecule has 0 heterocycles. The van der Waals surface area contributed by atoms with E-state index in [0.717, 1.165) is 43.2 Å². The van der Waals surface area contributed by atoms with E-state index >= 15 is 0 Å². The predicted octanol–water partition coefficient (Wildman–Crippen LogP) is 7.57. The summed E-state index contributed by atoms with van der Waals surface area (Å²) < 4.78 is 0. The Balaban J connectivity index is 1.55. The molecule has 0 atom stereocenters. The maximum atomic E-state index is 12.7. The Bertz CT molecular complexity index is 1120. The first-order chi connectivity index (χ1) is 16.4. The van der Waals surface area contributed by atoms with Gasteiger partial charge in [0, 0.05) is 24.8 Å². The van der Waals surface area contributed by atoms with Crippen molar-refractivity contribution in [3.8, 4) is 0 Å². The molecule has 0 N–H and O–H groups in total. The van der Waals surface area contributed by atoms with Crippen LogP contribution >= 0.6 is 0 Å². The largest absolute Gasteiger partial charge is 0.299 e. The molecule has 0 bridgehead atoms. The lowest BCUT2D eigenvalue weighted by Crippen LogP contribution is -2.07. The van der Waals surface area contributed by atoms with Gasteiger partial charge in [-0.05, 0) is 84.5 Å². The van der Waals surface area contributed by atoms with E-state index in [2.05, 4.69) is 70.2 Å². The van der Waals surface area contributed by atoms with Gasteiger partial charge in [0.1, 0.15) is 5.78 Å². The van der Waals surface area contributed by atoms with E-state index in [1.807, 2.05) is 18.2 Å². The normalized spacial score (nSPS) is 10.9. The van der Waals surface area contributed by atoms with Gasteiger partial charge in [-0.15, -0.1) is 0 Å². The quantitative estimate of drug-likeness (QED) is 0.264. The van der Waals surface area contributed by atoms with Crippen molar-refractivity contribution in [2.45, 2.75) is 79.1 Å². The van der Waals surface area contributed by atoms with Gasteiger partial charge in [0.25, 0.3) is 0 Å². The van der Waals surface area contributed by atoms with Crippen LogP contribution in [0.25, 0.3) is 0 Å². The Hall–Kier alpha value is -3.00. The first kappa shape index (κ1) is 25.6. The van der Waals surface area contributed by atoms with Crippen molar-refractivity contribution < 1.29 is 9.59 Å². The van der Waals surface area contributed by atoms with Crippen LogP contribution < -0.4 is 0 Å². The molecule has 2 heteroatoms. The summed E-state index contributed by atoms with van der Waals surface area (Å²) in [5.74, 6) is 0.530. The molecule has 2 nitrogen and oxygen atoms in total. The lowest BCUT2D eigenvalue weighted by atomic mass is 9.93. The minimum absolute atomic E-state index is 0.232. The van der Waals surface area contributed by atoms with E-state index in [-0.39, 0.29) is 5.78 Å². The summed E-state index contributed by atoms with van der Waals surface area (Å²) in [4.78, 5) is 25.0. The zero-order chi connectivity index (χ0) is 24.5. The summed E-state index contributed by atoms with van der Waals surface area (Å²) in [6, 6.07) is 21.0. The molecule has 3 rings (SSSR count). The summed E-state index contributed by atoms with van der Waals surface area (Å²) in [7, 11) is 0. The third-order valence-corrected chi connectivity index (χ3v) is 6.71. The van der Waals surface area contributed by atoms with Crippen LogP contribution in [0.5, 0.6) is 0 Å². The van der Waals surface area contributed by atoms with Crippen molar-refractivity contribution in [2.75, 3.05) is 0 Å². The molecule has 3 aromatic carbocycles. The van der Waals surface area contributed by atoms with Gasteiger partial charge in [-0.2, -0.15) is 0 Å². The highest BCUT2D eigenvalue weighted by Crippen LogP contribution is 2.19. The second kappa shape index (κ2) is 12.5. The first-order valence-electron chi connectivity index (χ1n) is 12.7. The molecule has 0 aliphatic rings. The molecule has 0 unspecified atom stereocenters. The number of carbonyl (C=O) groups excluding carboxylic acids is 2. The molecule has 0 spiro atoms. The Morgan fingerprint density at radius 3 is 2.09 bits per heavy atom. The van der Waals surface area contributed by atoms with Gasteiger partial charge < -0.3 is 0 Å². The fourth-order valence-electron chi connectivity index (χ4n) is 4.41. The van der Waals surface area contributed by atoms with Gasteiger partial charge in [-0.3, -0.25) is 9.59 Å². The SMILES string of the molecule is CCCCC(=O)c1cccc(Cc2ccc(CCC(=O)Cc3cc(C)c(C)cc3CC)cc2)c1. The fourth-order valence-corrected chi connectivity index (χ4v) is 4.41. The molecule has 34 heavy (non-hydrogen) atoms. The second-order valence-electron chi connectivity index (χ2n) is 9.49. The maximum absolute atomic E-state index is 12.7. The molecule has 0 saturated carbocycles. The molecule has 0 aromatic heterocycles. The number of hydrogen-bond donors (Lipinski definition) is 0. The van der Waals surface area contributed by atoms with E-state index in [0.29, 0.717) is 25.0 Å². The van der Waals surface area contributed by atoms with Crippen LogP contribution in [0.1, 0.15) is 88.8 Å². The Morgan fingerprint density at radius 2 is 1.41 bits per heavy atom. The number of rotatable bonds is 12. The summed E-state index contributed by atoms with van der Waals surface area (Å²) in [5, 5.41) is 0. The molecule has 0 saturated heterocycles. The first-order valence-corrected chi connectivity index (χ1v) is 12.7. The number of hydrogen-bond acceptors (Lipinski definition) is 2. The number of Topliss-reactive ketones (excluding diaryl/α,β-unsaturated/α-hetero) is 2. The predicted molar refractivity (Wildman–Crippen MR) is 142 cm³/mol. The van der Waals surface area contributed by atoms with Gasteiger partial charge in [-0.25, -0.2) is 0 Å². The molecule has 0 aliphatic heterocycles.